The first kappa shape index (κ1) is 21.5. The Hall–Kier alpha value is -2.57. The molecule has 3 amide bonds. The third-order valence-corrected chi connectivity index (χ3v) is 3.18. The van der Waals surface area contributed by atoms with Gasteiger partial charge in [0, 0.05) is 5.54 Å². The number of imide groups is 1. The SMILES string of the molecule is CC(C)(C)NC(=O)NC(=O)COC(=O)COc1ccc(C(C)(C)C)cc1. The quantitative estimate of drug-likeness (QED) is 0.783. The second-order valence-electron chi connectivity index (χ2n) is 7.98. The molecule has 0 aliphatic carbocycles. The molecule has 1 aromatic rings. The Kier molecular flexibility index (Phi) is 7.18. The zero-order valence-corrected chi connectivity index (χ0v) is 16.3. The highest BCUT2D eigenvalue weighted by atomic mass is 16.6. The summed E-state index contributed by atoms with van der Waals surface area (Å²) < 4.78 is 10.1. The average molecular weight is 364 g/mol. The summed E-state index contributed by atoms with van der Waals surface area (Å²) in [5, 5.41) is 4.64. The minimum absolute atomic E-state index is 0.0318. The van der Waals surface area contributed by atoms with E-state index in [9.17, 15) is 14.4 Å². The largest absolute Gasteiger partial charge is 0.482 e. The summed E-state index contributed by atoms with van der Waals surface area (Å²) in [5.41, 5.74) is 0.708. The number of amides is 3. The number of carbonyl (C=O) groups excluding carboxylic acids is 3. The Morgan fingerprint density at radius 1 is 0.923 bits per heavy atom. The molecule has 0 aliphatic rings. The smallest absolute Gasteiger partial charge is 0.344 e. The lowest BCUT2D eigenvalue weighted by Gasteiger charge is -2.20. The number of urea groups is 1. The number of ether oxygens (including phenoxy) is 2. The molecule has 0 radical (unpaired) electrons. The van der Waals surface area contributed by atoms with Gasteiger partial charge >= 0.3 is 12.0 Å². The van der Waals surface area contributed by atoms with E-state index in [1.807, 2.05) is 12.1 Å². The van der Waals surface area contributed by atoms with E-state index in [1.165, 1.54) is 0 Å². The van der Waals surface area contributed by atoms with Gasteiger partial charge in [0.25, 0.3) is 5.91 Å². The van der Waals surface area contributed by atoms with Crippen LogP contribution in [0.25, 0.3) is 0 Å². The van der Waals surface area contributed by atoms with Crippen molar-refractivity contribution in [3.63, 3.8) is 0 Å². The van der Waals surface area contributed by atoms with Gasteiger partial charge in [0.05, 0.1) is 0 Å². The van der Waals surface area contributed by atoms with Gasteiger partial charge in [-0.1, -0.05) is 32.9 Å². The van der Waals surface area contributed by atoms with E-state index >= 15 is 0 Å². The topological polar surface area (TPSA) is 93.7 Å². The number of nitrogens with one attached hydrogen (secondary N) is 2. The molecule has 7 heteroatoms. The van der Waals surface area contributed by atoms with Crippen molar-refractivity contribution in [1.82, 2.24) is 10.6 Å². The molecule has 0 unspecified atom stereocenters. The first-order valence-electron chi connectivity index (χ1n) is 8.38. The molecule has 2 N–H and O–H groups in total. The second-order valence-corrected chi connectivity index (χ2v) is 7.98. The third-order valence-electron chi connectivity index (χ3n) is 3.18. The van der Waals surface area contributed by atoms with E-state index in [4.69, 9.17) is 9.47 Å². The number of esters is 1. The van der Waals surface area contributed by atoms with E-state index in [2.05, 4.69) is 31.4 Å². The number of benzene rings is 1. The molecule has 26 heavy (non-hydrogen) atoms. The van der Waals surface area contributed by atoms with Crippen molar-refractivity contribution >= 4 is 17.9 Å². The van der Waals surface area contributed by atoms with Crippen LogP contribution in [-0.2, 0) is 19.7 Å². The number of rotatable bonds is 5. The summed E-state index contributed by atoms with van der Waals surface area (Å²) in [6.45, 7) is 10.8. The van der Waals surface area contributed by atoms with E-state index in [0.717, 1.165) is 5.56 Å². The fourth-order valence-corrected chi connectivity index (χ4v) is 1.92. The Labute approximate surface area is 154 Å². The predicted octanol–water partition coefficient (Wildman–Crippen LogP) is 2.53. The maximum absolute atomic E-state index is 11.6. The van der Waals surface area contributed by atoms with Gasteiger partial charge in [0.2, 0.25) is 0 Å². The molecule has 0 bridgehead atoms. The van der Waals surface area contributed by atoms with Crippen LogP contribution in [0.4, 0.5) is 4.79 Å². The number of hydrogen-bond acceptors (Lipinski definition) is 5. The van der Waals surface area contributed by atoms with Gasteiger partial charge < -0.3 is 14.8 Å². The summed E-state index contributed by atoms with van der Waals surface area (Å²) in [6, 6.07) is 6.77. The minimum Gasteiger partial charge on any atom is -0.482 e. The molecule has 0 saturated heterocycles. The minimum atomic E-state index is -0.713. The standard InChI is InChI=1S/C19H28N2O5/c1-18(2,3)13-7-9-14(10-8-13)25-12-16(23)26-11-15(22)20-17(24)21-19(4,5)6/h7-10H,11-12H2,1-6H3,(H2,20,21,22,24). The molecular weight excluding hydrogens is 336 g/mol. The lowest BCUT2D eigenvalue weighted by molar-refractivity contribution is -0.150. The molecule has 0 aliphatic heterocycles. The van der Waals surface area contributed by atoms with E-state index in [1.54, 1.807) is 32.9 Å². The zero-order chi connectivity index (χ0) is 20.0. The molecule has 144 valence electrons. The lowest BCUT2D eigenvalue weighted by atomic mass is 9.87. The Morgan fingerprint density at radius 3 is 2.00 bits per heavy atom. The maximum atomic E-state index is 11.6. The van der Waals surface area contributed by atoms with Crippen molar-refractivity contribution in [3.05, 3.63) is 29.8 Å². The average Bonchev–Trinajstić information content (AvgIpc) is 2.48. The Morgan fingerprint density at radius 2 is 1.50 bits per heavy atom. The van der Waals surface area contributed by atoms with Crippen LogP contribution in [0.1, 0.15) is 47.1 Å². The van der Waals surface area contributed by atoms with Crippen LogP contribution in [0.5, 0.6) is 5.75 Å². The van der Waals surface area contributed by atoms with Crippen LogP contribution in [0.2, 0.25) is 0 Å². The summed E-state index contributed by atoms with van der Waals surface area (Å²) in [4.78, 5) is 34.7. The van der Waals surface area contributed by atoms with E-state index < -0.39 is 30.1 Å². The second kappa shape index (κ2) is 8.69. The van der Waals surface area contributed by atoms with Gasteiger partial charge in [0.15, 0.2) is 13.2 Å². The summed E-state index contributed by atoms with van der Waals surface area (Å²) in [6.07, 6.45) is 0. The van der Waals surface area contributed by atoms with E-state index in [-0.39, 0.29) is 12.0 Å². The van der Waals surface area contributed by atoms with Gasteiger partial charge in [-0.2, -0.15) is 0 Å². The zero-order valence-electron chi connectivity index (χ0n) is 16.3. The van der Waals surface area contributed by atoms with Gasteiger partial charge in [-0.05, 0) is 43.9 Å². The van der Waals surface area contributed by atoms with Gasteiger partial charge in [-0.25, -0.2) is 9.59 Å². The van der Waals surface area contributed by atoms with Gasteiger partial charge in [-0.3, -0.25) is 10.1 Å². The van der Waals surface area contributed by atoms with Crippen molar-refractivity contribution in [1.29, 1.82) is 0 Å². The van der Waals surface area contributed by atoms with Crippen LogP contribution < -0.4 is 15.4 Å². The van der Waals surface area contributed by atoms with Gasteiger partial charge in [0.1, 0.15) is 5.75 Å². The highest BCUT2D eigenvalue weighted by Crippen LogP contribution is 2.24. The third kappa shape index (κ3) is 8.50. The van der Waals surface area contributed by atoms with Crippen LogP contribution in [-0.4, -0.2) is 36.7 Å². The maximum Gasteiger partial charge on any atom is 0.344 e. The summed E-state index contributed by atoms with van der Waals surface area (Å²) >= 11 is 0. The van der Waals surface area contributed by atoms with E-state index in [0.29, 0.717) is 5.75 Å². The van der Waals surface area contributed by atoms with Gasteiger partial charge in [-0.15, -0.1) is 0 Å². The van der Waals surface area contributed by atoms with Crippen molar-refractivity contribution in [3.8, 4) is 5.75 Å². The summed E-state index contributed by atoms with van der Waals surface area (Å²) in [7, 11) is 0. The van der Waals surface area contributed by atoms with Crippen molar-refractivity contribution in [2.75, 3.05) is 13.2 Å². The fraction of sp³-hybridized carbons (Fsp3) is 0.526. The fourth-order valence-electron chi connectivity index (χ4n) is 1.92. The van der Waals surface area contributed by atoms with Crippen molar-refractivity contribution in [2.45, 2.75) is 52.5 Å². The molecule has 0 aromatic heterocycles. The molecule has 0 saturated carbocycles. The molecule has 0 spiro atoms. The Bertz CT molecular complexity index is 639. The monoisotopic (exact) mass is 364 g/mol. The molecule has 0 heterocycles. The Balaban J connectivity index is 2.34. The van der Waals surface area contributed by atoms with Crippen LogP contribution in [0, 0.1) is 0 Å². The first-order valence-corrected chi connectivity index (χ1v) is 8.38. The van der Waals surface area contributed by atoms with Crippen LogP contribution in [0.15, 0.2) is 24.3 Å². The lowest BCUT2D eigenvalue weighted by Crippen LogP contribution is -2.49. The molecule has 0 fully saturated rings. The molecule has 1 rings (SSSR count). The highest BCUT2D eigenvalue weighted by molar-refractivity contribution is 5.95. The molecule has 0 atom stereocenters. The number of carbonyl (C=O) groups is 3. The molecular formula is C19H28N2O5. The molecule has 7 nitrogen and oxygen atoms in total. The van der Waals surface area contributed by atoms with Crippen LogP contribution in [0.3, 0.4) is 0 Å². The van der Waals surface area contributed by atoms with Crippen molar-refractivity contribution in [2.24, 2.45) is 0 Å². The molecule has 1 aromatic carbocycles. The highest BCUT2D eigenvalue weighted by Gasteiger charge is 2.17. The van der Waals surface area contributed by atoms with Crippen LogP contribution >= 0.6 is 0 Å². The number of hydrogen-bond donors (Lipinski definition) is 2. The summed E-state index contributed by atoms with van der Waals surface area (Å²) in [5.74, 6) is -0.880. The first-order chi connectivity index (χ1) is 11.9. The van der Waals surface area contributed by atoms with Crippen molar-refractivity contribution < 1.29 is 23.9 Å². The predicted molar refractivity (Wildman–Crippen MR) is 98.0 cm³/mol. The normalized spacial score (nSPS) is 11.5.